The Labute approximate surface area is 88.8 Å². The maximum absolute atomic E-state index is 12.7. The summed E-state index contributed by atoms with van der Waals surface area (Å²) < 4.78 is 25.5. The van der Waals surface area contributed by atoms with E-state index in [2.05, 4.69) is 0 Å². The van der Waals surface area contributed by atoms with E-state index < -0.39 is 32.9 Å². The zero-order chi connectivity index (χ0) is 12.9. The average molecular weight is 234 g/mol. The maximum Gasteiger partial charge on any atom is 0.308 e. The molecule has 0 atom stereocenters. The van der Waals surface area contributed by atoms with Crippen LogP contribution in [0, 0.1) is 31.9 Å². The van der Waals surface area contributed by atoms with Crippen LogP contribution in [0.4, 0.5) is 20.2 Å². The van der Waals surface area contributed by atoms with Gasteiger partial charge in [0.1, 0.15) is 0 Å². The number of hydrogen-bond donors (Lipinski definition) is 0. The lowest BCUT2D eigenvalue weighted by molar-refractivity contribution is -0.393. The van der Waals surface area contributed by atoms with E-state index in [1.807, 2.05) is 13.8 Å². The highest BCUT2D eigenvalue weighted by molar-refractivity contribution is 5.43. The van der Waals surface area contributed by atoms with Crippen LogP contribution >= 0.6 is 0 Å². The van der Waals surface area contributed by atoms with Crippen LogP contribution < -0.4 is 0 Å². The molecule has 0 saturated carbocycles. The molecule has 0 fully saturated rings. The molecular formula is C8H8F2N2O4. The zero-order valence-corrected chi connectivity index (χ0v) is 8.44. The first-order valence-electron chi connectivity index (χ1n) is 4.21. The number of rotatable bonds is 2. The highest BCUT2D eigenvalue weighted by Gasteiger charge is 2.24. The Hall–Kier alpha value is -2.12. The summed E-state index contributed by atoms with van der Waals surface area (Å²) in [6.45, 7) is 4.00. The Morgan fingerprint density at radius 2 is 1.19 bits per heavy atom. The molecule has 0 N–H and O–H groups in total. The SMILES string of the molecule is CC.O=[N+]([O-])c1cc(F)c([N+](=O)[O-])cc1F. The molecule has 88 valence electrons. The lowest BCUT2D eigenvalue weighted by atomic mass is 10.2. The predicted molar refractivity (Wildman–Crippen MR) is 51.0 cm³/mol. The van der Waals surface area contributed by atoms with Gasteiger partial charge in [0.05, 0.1) is 22.0 Å². The molecule has 0 amide bonds. The molecule has 6 nitrogen and oxygen atoms in total. The van der Waals surface area contributed by atoms with Gasteiger partial charge >= 0.3 is 11.4 Å². The standard InChI is InChI=1S/C6H2F2N2O4.C2H6/c7-3-1-5(9(11)12)4(8)2-6(3)10(13)14;1-2/h1-2H;1-2H3. The second-order valence-corrected chi connectivity index (χ2v) is 2.27. The number of halogens is 2. The first-order valence-corrected chi connectivity index (χ1v) is 4.21. The van der Waals surface area contributed by atoms with Crippen molar-refractivity contribution in [3.05, 3.63) is 44.0 Å². The third kappa shape index (κ3) is 2.94. The molecule has 0 bridgehead atoms. The number of nitrogens with zero attached hydrogens (tertiary/aromatic N) is 2. The Balaban J connectivity index is 0.00000106. The summed E-state index contributed by atoms with van der Waals surface area (Å²) in [6, 6.07) is 0.348. The average Bonchev–Trinajstić information content (AvgIpc) is 2.23. The molecule has 0 aromatic heterocycles. The van der Waals surface area contributed by atoms with E-state index in [4.69, 9.17) is 0 Å². The van der Waals surface area contributed by atoms with Gasteiger partial charge in [0.25, 0.3) is 0 Å². The van der Waals surface area contributed by atoms with Gasteiger partial charge in [0.2, 0.25) is 11.6 Å². The van der Waals surface area contributed by atoms with Crippen LogP contribution in [0.3, 0.4) is 0 Å². The number of nitro benzene ring substituents is 2. The second-order valence-electron chi connectivity index (χ2n) is 2.27. The van der Waals surface area contributed by atoms with Crippen molar-refractivity contribution in [1.82, 2.24) is 0 Å². The van der Waals surface area contributed by atoms with Crippen molar-refractivity contribution in [1.29, 1.82) is 0 Å². The lowest BCUT2D eigenvalue weighted by Crippen LogP contribution is -1.98. The van der Waals surface area contributed by atoms with E-state index in [1.54, 1.807) is 0 Å². The second kappa shape index (κ2) is 5.69. The Morgan fingerprint density at radius 1 is 0.938 bits per heavy atom. The molecule has 0 spiro atoms. The van der Waals surface area contributed by atoms with Crippen molar-refractivity contribution in [2.75, 3.05) is 0 Å². The number of hydrogen-bond acceptors (Lipinski definition) is 4. The zero-order valence-electron chi connectivity index (χ0n) is 8.44. The molecular weight excluding hydrogens is 226 g/mol. The van der Waals surface area contributed by atoms with Gasteiger partial charge in [-0.25, -0.2) is 0 Å². The quantitative estimate of drug-likeness (QED) is 0.581. The summed E-state index contributed by atoms with van der Waals surface area (Å²) in [5, 5.41) is 20.2. The molecule has 0 aliphatic rings. The van der Waals surface area contributed by atoms with Crippen LogP contribution in [0.5, 0.6) is 0 Å². The first kappa shape index (κ1) is 13.9. The molecule has 0 radical (unpaired) electrons. The first-order chi connectivity index (χ1) is 7.43. The molecule has 1 aromatic rings. The summed E-state index contributed by atoms with van der Waals surface area (Å²) in [5.74, 6) is -2.88. The van der Waals surface area contributed by atoms with Crippen molar-refractivity contribution in [2.24, 2.45) is 0 Å². The molecule has 8 heteroatoms. The summed E-state index contributed by atoms with van der Waals surface area (Å²) in [5.41, 5.74) is -2.26. The van der Waals surface area contributed by atoms with Crippen LogP contribution in [0.1, 0.15) is 13.8 Å². The van der Waals surface area contributed by atoms with Gasteiger partial charge in [-0.2, -0.15) is 8.78 Å². The largest absolute Gasteiger partial charge is 0.308 e. The van der Waals surface area contributed by atoms with Crippen molar-refractivity contribution < 1.29 is 18.6 Å². The van der Waals surface area contributed by atoms with E-state index in [0.717, 1.165) is 0 Å². The monoisotopic (exact) mass is 234 g/mol. The van der Waals surface area contributed by atoms with Gasteiger partial charge in [0.15, 0.2) is 0 Å². The van der Waals surface area contributed by atoms with Crippen LogP contribution in [0.25, 0.3) is 0 Å². The predicted octanol–water partition coefficient (Wildman–Crippen LogP) is 2.81. The Bertz CT molecular complexity index is 383. The number of benzene rings is 1. The van der Waals surface area contributed by atoms with Crippen LogP contribution in [0.15, 0.2) is 12.1 Å². The van der Waals surface area contributed by atoms with E-state index >= 15 is 0 Å². The van der Waals surface area contributed by atoms with Crippen molar-refractivity contribution in [3.8, 4) is 0 Å². The molecule has 1 rings (SSSR count). The summed E-state index contributed by atoms with van der Waals surface area (Å²) in [6.07, 6.45) is 0. The third-order valence-corrected chi connectivity index (χ3v) is 1.41. The van der Waals surface area contributed by atoms with Crippen molar-refractivity contribution >= 4 is 11.4 Å². The van der Waals surface area contributed by atoms with E-state index in [0.29, 0.717) is 0 Å². The molecule has 1 aromatic carbocycles. The van der Waals surface area contributed by atoms with Gasteiger partial charge in [-0.3, -0.25) is 20.2 Å². The Kier molecular flexibility index (Phi) is 4.93. The minimum absolute atomic E-state index is 0.174. The van der Waals surface area contributed by atoms with Gasteiger partial charge in [-0.15, -0.1) is 0 Å². The van der Waals surface area contributed by atoms with Gasteiger partial charge in [0, 0.05) is 0 Å². The van der Waals surface area contributed by atoms with E-state index in [-0.39, 0.29) is 12.1 Å². The normalized spacial score (nSPS) is 9.00. The summed E-state index contributed by atoms with van der Waals surface area (Å²) in [4.78, 5) is 17.8. The summed E-state index contributed by atoms with van der Waals surface area (Å²) in [7, 11) is 0. The minimum Gasteiger partial charge on any atom is -0.258 e. The molecule has 0 aliphatic heterocycles. The molecule has 0 unspecified atom stereocenters. The van der Waals surface area contributed by atoms with Crippen LogP contribution in [-0.2, 0) is 0 Å². The van der Waals surface area contributed by atoms with Crippen molar-refractivity contribution in [3.63, 3.8) is 0 Å². The molecule has 0 aliphatic carbocycles. The fraction of sp³-hybridized carbons (Fsp3) is 0.250. The Morgan fingerprint density at radius 3 is 1.38 bits per heavy atom. The fourth-order valence-electron chi connectivity index (χ4n) is 0.806. The lowest BCUT2D eigenvalue weighted by Gasteiger charge is -1.95. The van der Waals surface area contributed by atoms with Gasteiger partial charge < -0.3 is 0 Å². The topological polar surface area (TPSA) is 86.3 Å². The van der Waals surface area contributed by atoms with Gasteiger partial charge in [-0.05, 0) is 0 Å². The van der Waals surface area contributed by atoms with Gasteiger partial charge in [-0.1, -0.05) is 13.8 Å². The van der Waals surface area contributed by atoms with Crippen molar-refractivity contribution in [2.45, 2.75) is 13.8 Å². The highest BCUT2D eigenvalue weighted by atomic mass is 19.1. The molecule has 0 heterocycles. The smallest absolute Gasteiger partial charge is 0.258 e. The van der Waals surface area contributed by atoms with Crippen LogP contribution in [-0.4, -0.2) is 9.85 Å². The summed E-state index contributed by atoms with van der Waals surface area (Å²) >= 11 is 0. The van der Waals surface area contributed by atoms with Crippen LogP contribution in [0.2, 0.25) is 0 Å². The van der Waals surface area contributed by atoms with E-state index in [9.17, 15) is 29.0 Å². The third-order valence-electron chi connectivity index (χ3n) is 1.41. The minimum atomic E-state index is -1.44. The highest BCUT2D eigenvalue weighted by Crippen LogP contribution is 2.25. The number of nitro groups is 2. The fourth-order valence-corrected chi connectivity index (χ4v) is 0.806. The molecule has 16 heavy (non-hydrogen) atoms. The molecule has 0 saturated heterocycles. The van der Waals surface area contributed by atoms with E-state index in [1.165, 1.54) is 0 Å². The maximum atomic E-state index is 12.7.